The minimum absolute atomic E-state index is 0.838. The third-order valence-corrected chi connectivity index (χ3v) is 1.28. The first-order chi connectivity index (χ1) is 4.97. The second kappa shape index (κ2) is 2.02. The number of hydrogen-bond acceptors (Lipinski definition) is 3. The molecule has 10 heavy (non-hydrogen) atoms. The van der Waals surface area contributed by atoms with Gasteiger partial charge in [-0.3, -0.25) is 0 Å². The Labute approximate surface area is 58.2 Å². The minimum atomic E-state index is 0.838. The number of fused-ring (bicyclic) bond motifs is 1. The van der Waals surface area contributed by atoms with Gasteiger partial charge in [-0.2, -0.15) is 0 Å². The second-order valence-electron chi connectivity index (χ2n) is 1.93. The number of nitrogens with zero attached hydrogens (tertiary/aromatic N) is 3. The van der Waals surface area contributed by atoms with Crippen molar-refractivity contribution in [2.24, 2.45) is 0 Å². The summed E-state index contributed by atoms with van der Waals surface area (Å²) in [5, 5.41) is 0. The Hall–Kier alpha value is -1.51. The smallest absolute Gasteiger partial charge is 0.238 e. The molecule has 0 atom stereocenters. The van der Waals surface area contributed by atoms with Crippen LogP contribution in [0.4, 0.5) is 5.69 Å². The topological polar surface area (TPSA) is 39.9 Å². The molecular formula is C7H5N3+. The third kappa shape index (κ3) is 0.719. The first kappa shape index (κ1) is 5.29. The summed E-state index contributed by atoms with van der Waals surface area (Å²) in [7, 11) is 0. The molecule has 0 aliphatic carbocycles. The van der Waals surface area contributed by atoms with E-state index in [1.165, 1.54) is 6.33 Å². The molecule has 1 aromatic heterocycles. The highest BCUT2D eigenvalue weighted by atomic mass is 14.9. The average molecular weight is 131 g/mol. The van der Waals surface area contributed by atoms with Crippen molar-refractivity contribution in [1.82, 2.24) is 15.0 Å². The SMILES string of the molecule is C1=Cc2ncncc2[N+]=C1. The van der Waals surface area contributed by atoms with Gasteiger partial charge >= 0.3 is 5.69 Å². The summed E-state index contributed by atoms with van der Waals surface area (Å²) in [5.41, 5.74) is 1.72. The maximum atomic E-state index is 4.06. The van der Waals surface area contributed by atoms with E-state index in [0.29, 0.717) is 0 Å². The Morgan fingerprint density at radius 2 is 2.40 bits per heavy atom. The Bertz CT molecular complexity index is 270. The molecule has 0 saturated carbocycles. The molecule has 1 aliphatic rings. The van der Waals surface area contributed by atoms with Gasteiger partial charge in [-0.1, -0.05) is 0 Å². The van der Waals surface area contributed by atoms with Crippen molar-refractivity contribution in [1.29, 1.82) is 0 Å². The Morgan fingerprint density at radius 3 is 3.30 bits per heavy atom. The van der Waals surface area contributed by atoms with Gasteiger partial charge in [-0.25, -0.2) is 9.97 Å². The summed E-state index contributed by atoms with van der Waals surface area (Å²) in [6.07, 6.45) is 8.71. The van der Waals surface area contributed by atoms with Gasteiger partial charge in [0.05, 0.1) is 4.99 Å². The molecule has 47 valence electrons. The van der Waals surface area contributed by atoms with Crippen LogP contribution in [-0.2, 0) is 0 Å². The van der Waals surface area contributed by atoms with Gasteiger partial charge in [0.25, 0.3) is 0 Å². The molecule has 1 radical (unpaired) electrons. The zero-order valence-electron chi connectivity index (χ0n) is 5.23. The normalized spacial score (nSPS) is 13.2. The van der Waals surface area contributed by atoms with Crippen LogP contribution in [0.3, 0.4) is 0 Å². The van der Waals surface area contributed by atoms with Crippen LogP contribution in [0.1, 0.15) is 5.69 Å². The standard InChI is InChI=1S/C7H5N3/c1-2-6-7(9-3-1)4-8-5-10-6/h1-5H/q+1. The summed E-state index contributed by atoms with van der Waals surface area (Å²) < 4.78 is 0. The highest BCUT2D eigenvalue weighted by molar-refractivity contribution is 5.84. The lowest BCUT2D eigenvalue weighted by molar-refractivity contribution is 1.12. The van der Waals surface area contributed by atoms with Crippen LogP contribution < -0.4 is 4.99 Å². The molecular weight excluding hydrogens is 126 g/mol. The van der Waals surface area contributed by atoms with Crippen LogP contribution in [0.25, 0.3) is 6.08 Å². The summed E-state index contributed by atoms with van der Waals surface area (Å²) in [6.45, 7) is 0. The Kier molecular flexibility index (Phi) is 1.07. The fourth-order valence-corrected chi connectivity index (χ4v) is 0.817. The fraction of sp³-hybridized carbons (Fsp3) is 0. The molecule has 0 fully saturated rings. The van der Waals surface area contributed by atoms with E-state index in [2.05, 4.69) is 15.0 Å². The lowest BCUT2D eigenvalue weighted by Gasteiger charge is -1.89. The average Bonchev–Trinajstić information content (AvgIpc) is 2.05. The second-order valence-corrected chi connectivity index (χ2v) is 1.93. The van der Waals surface area contributed by atoms with Crippen molar-refractivity contribution in [2.75, 3.05) is 0 Å². The first-order valence-electron chi connectivity index (χ1n) is 2.97. The molecule has 0 N–H and O–H groups in total. The highest BCUT2D eigenvalue weighted by Gasteiger charge is 2.11. The number of allylic oxidation sites excluding steroid dienone is 1. The third-order valence-electron chi connectivity index (χ3n) is 1.28. The van der Waals surface area contributed by atoms with Crippen molar-refractivity contribution in [3.8, 4) is 0 Å². The molecule has 0 unspecified atom stereocenters. The van der Waals surface area contributed by atoms with E-state index < -0.39 is 0 Å². The largest absolute Gasteiger partial charge is 0.320 e. The number of hydrogen-bond donors (Lipinski definition) is 0. The van der Waals surface area contributed by atoms with Gasteiger partial charge in [0.1, 0.15) is 18.2 Å². The van der Waals surface area contributed by atoms with Crippen molar-refractivity contribution in [2.45, 2.75) is 0 Å². The molecule has 0 saturated heterocycles. The van der Waals surface area contributed by atoms with Gasteiger partial charge in [0.2, 0.25) is 6.21 Å². The van der Waals surface area contributed by atoms with Crippen molar-refractivity contribution in [3.63, 3.8) is 0 Å². The van der Waals surface area contributed by atoms with E-state index in [1.807, 2.05) is 12.2 Å². The maximum absolute atomic E-state index is 4.06. The molecule has 1 aliphatic heterocycles. The van der Waals surface area contributed by atoms with Crippen LogP contribution in [0.15, 0.2) is 18.6 Å². The Balaban J connectivity index is 2.65. The quantitative estimate of drug-likeness (QED) is 0.515. The molecule has 3 heteroatoms. The summed E-state index contributed by atoms with van der Waals surface area (Å²) in [6, 6.07) is 0. The zero-order chi connectivity index (χ0) is 6.81. The predicted molar refractivity (Wildman–Crippen MR) is 38.9 cm³/mol. The molecule has 3 nitrogen and oxygen atoms in total. The summed E-state index contributed by atoms with van der Waals surface area (Å²) in [5.74, 6) is 0. The fourth-order valence-electron chi connectivity index (χ4n) is 0.817. The number of rotatable bonds is 0. The first-order valence-corrected chi connectivity index (χ1v) is 2.97. The maximum Gasteiger partial charge on any atom is 0.320 e. The molecule has 1 aromatic rings. The van der Waals surface area contributed by atoms with Gasteiger partial charge < -0.3 is 0 Å². The number of aliphatic imine (C=N–C) groups is 1. The van der Waals surface area contributed by atoms with Crippen molar-refractivity contribution in [3.05, 3.63) is 24.3 Å². The van der Waals surface area contributed by atoms with Crippen LogP contribution in [-0.4, -0.2) is 16.2 Å². The van der Waals surface area contributed by atoms with Crippen LogP contribution >= 0.6 is 0 Å². The predicted octanol–water partition coefficient (Wildman–Crippen LogP) is 0.541. The van der Waals surface area contributed by atoms with E-state index >= 15 is 0 Å². The van der Waals surface area contributed by atoms with E-state index in [9.17, 15) is 0 Å². The summed E-state index contributed by atoms with van der Waals surface area (Å²) >= 11 is 0. The van der Waals surface area contributed by atoms with E-state index in [-0.39, 0.29) is 0 Å². The summed E-state index contributed by atoms with van der Waals surface area (Å²) in [4.78, 5) is 11.9. The monoisotopic (exact) mass is 131 g/mol. The molecule has 2 heterocycles. The van der Waals surface area contributed by atoms with Gasteiger partial charge in [0, 0.05) is 6.08 Å². The van der Waals surface area contributed by atoms with Crippen molar-refractivity contribution >= 4 is 18.0 Å². The lowest BCUT2D eigenvalue weighted by atomic mass is 10.3. The number of aromatic nitrogens is 2. The van der Waals surface area contributed by atoms with E-state index in [0.717, 1.165) is 11.4 Å². The van der Waals surface area contributed by atoms with Gasteiger partial charge in [-0.15, -0.1) is 0 Å². The molecule has 0 bridgehead atoms. The molecule has 0 aromatic carbocycles. The lowest BCUT2D eigenvalue weighted by Crippen LogP contribution is -1.94. The van der Waals surface area contributed by atoms with Gasteiger partial charge in [-0.05, 0) is 6.08 Å². The Morgan fingerprint density at radius 1 is 1.40 bits per heavy atom. The molecule has 0 amide bonds. The molecule has 0 spiro atoms. The van der Waals surface area contributed by atoms with Crippen LogP contribution in [0.5, 0.6) is 0 Å². The van der Waals surface area contributed by atoms with E-state index in [4.69, 9.17) is 0 Å². The zero-order valence-corrected chi connectivity index (χ0v) is 5.23. The van der Waals surface area contributed by atoms with E-state index in [1.54, 1.807) is 12.4 Å². The molecule has 2 rings (SSSR count). The minimum Gasteiger partial charge on any atom is -0.238 e. The van der Waals surface area contributed by atoms with Crippen LogP contribution in [0, 0.1) is 0 Å². The van der Waals surface area contributed by atoms with Crippen molar-refractivity contribution < 1.29 is 0 Å². The van der Waals surface area contributed by atoms with Gasteiger partial charge in [0.15, 0.2) is 0 Å². The van der Waals surface area contributed by atoms with Crippen LogP contribution in [0.2, 0.25) is 0 Å². The highest BCUT2D eigenvalue weighted by Crippen LogP contribution is 2.11.